The zero-order chi connectivity index (χ0) is 12.8. The molecule has 0 radical (unpaired) electrons. The van der Waals surface area contributed by atoms with Crippen molar-refractivity contribution in [1.29, 1.82) is 0 Å². The molecule has 0 aliphatic carbocycles. The van der Waals surface area contributed by atoms with Crippen LogP contribution in [0.3, 0.4) is 0 Å². The summed E-state index contributed by atoms with van der Waals surface area (Å²) in [7, 11) is 5.05. The first-order valence-corrected chi connectivity index (χ1v) is 5.88. The van der Waals surface area contributed by atoms with E-state index >= 15 is 0 Å². The first-order valence-electron chi connectivity index (χ1n) is 5.88. The van der Waals surface area contributed by atoms with Crippen LogP contribution in [0.1, 0.15) is 35.8 Å². The van der Waals surface area contributed by atoms with Crippen molar-refractivity contribution in [2.24, 2.45) is 7.05 Å². The van der Waals surface area contributed by atoms with Crippen LogP contribution in [0.25, 0.3) is 0 Å². The first-order chi connectivity index (χ1) is 8.12. The lowest BCUT2D eigenvalue weighted by Crippen LogP contribution is -2.15. The summed E-state index contributed by atoms with van der Waals surface area (Å²) >= 11 is 0. The van der Waals surface area contributed by atoms with Crippen LogP contribution in [-0.4, -0.2) is 30.9 Å². The molecule has 17 heavy (non-hydrogen) atoms. The quantitative estimate of drug-likeness (QED) is 0.714. The highest BCUT2D eigenvalue weighted by Gasteiger charge is 2.14. The van der Waals surface area contributed by atoms with Crippen LogP contribution in [0.15, 0.2) is 12.3 Å². The zero-order valence-corrected chi connectivity index (χ0v) is 11.0. The number of aromatic nitrogens is 1. The molecule has 0 bridgehead atoms. The third-order valence-corrected chi connectivity index (χ3v) is 2.91. The largest absolute Gasteiger partial charge is 0.465 e. The number of hydrogen-bond donors (Lipinski definition) is 0. The topological polar surface area (TPSA) is 40.5 Å². The summed E-state index contributed by atoms with van der Waals surface area (Å²) in [5.41, 5.74) is 1.68. The second kappa shape index (κ2) is 6.45. The number of nitrogens with zero attached hydrogens (tertiary/aromatic N) is 1. The average Bonchev–Trinajstić information content (AvgIpc) is 2.69. The van der Waals surface area contributed by atoms with E-state index in [2.05, 4.69) is 6.92 Å². The lowest BCUT2D eigenvalue weighted by Gasteiger charge is -2.14. The summed E-state index contributed by atoms with van der Waals surface area (Å²) in [6, 6.07) is 1.87. The van der Waals surface area contributed by atoms with Crippen molar-refractivity contribution in [2.45, 2.75) is 32.3 Å². The maximum Gasteiger partial charge on any atom is 0.339 e. The molecule has 1 atom stereocenters. The molecule has 0 amide bonds. The Morgan fingerprint density at radius 2 is 2.18 bits per heavy atom. The van der Waals surface area contributed by atoms with Crippen LogP contribution in [0.4, 0.5) is 0 Å². The van der Waals surface area contributed by atoms with E-state index in [-0.39, 0.29) is 12.1 Å². The molecule has 4 nitrogen and oxygen atoms in total. The Hall–Kier alpha value is -1.29. The Morgan fingerprint density at radius 1 is 1.47 bits per heavy atom. The SMILES string of the molecule is CCCC(Cc1cc(C(=O)OC)cn1C)OC. The van der Waals surface area contributed by atoms with Crippen molar-refractivity contribution in [3.05, 3.63) is 23.5 Å². The molecule has 0 aliphatic heterocycles. The Kier molecular flexibility index (Phi) is 5.22. The molecule has 0 fully saturated rings. The summed E-state index contributed by atoms with van der Waals surface area (Å²) in [6.07, 6.45) is 4.93. The highest BCUT2D eigenvalue weighted by molar-refractivity contribution is 5.89. The molecule has 96 valence electrons. The van der Waals surface area contributed by atoms with Gasteiger partial charge in [0.05, 0.1) is 18.8 Å². The minimum atomic E-state index is -0.295. The zero-order valence-electron chi connectivity index (χ0n) is 11.0. The third kappa shape index (κ3) is 3.60. The predicted molar refractivity (Wildman–Crippen MR) is 66.2 cm³/mol. The van der Waals surface area contributed by atoms with Gasteiger partial charge in [-0.1, -0.05) is 13.3 Å². The lowest BCUT2D eigenvalue weighted by atomic mass is 10.1. The number of rotatable bonds is 6. The van der Waals surface area contributed by atoms with Gasteiger partial charge in [0.1, 0.15) is 0 Å². The van der Waals surface area contributed by atoms with E-state index < -0.39 is 0 Å². The standard InChI is InChI=1S/C13H21NO3/c1-5-6-12(16-3)8-11-7-10(9-14(11)2)13(15)17-4/h7,9,12H,5-6,8H2,1-4H3. The molecule has 0 aliphatic rings. The van der Waals surface area contributed by atoms with Crippen LogP contribution < -0.4 is 0 Å². The van der Waals surface area contributed by atoms with Gasteiger partial charge in [0.15, 0.2) is 0 Å². The molecular formula is C13H21NO3. The fourth-order valence-electron chi connectivity index (χ4n) is 1.90. The molecule has 4 heteroatoms. The number of carbonyl (C=O) groups is 1. The van der Waals surface area contributed by atoms with Crippen molar-refractivity contribution < 1.29 is 14.3 Å². The molecule has 1 heterocycles. The van der Waals surface area contributed by atoms with E-state index in [0.29, 0.717) is 5.56 Å². The Bertz CT molecular complexity index is 371. The van der Waals surface area contributed by atoms with Gasteiger partial charge in [-0.25, -0.2) is 4.79 Å². The van der Waals surface area contributed by atoms with Crippen molar-refractivity contribution in [1.82, 2.24) is 4.57 Å². The van der Waals surface area contributed by atoms with Gasteiger partial charge in [-0.15, -0.1) is 0 Å². The third-order valence-electron chi connectivity index (χ3n) is 2.91. The minimum absolute atomic E-state index is 0.207. The van der Waals surface area contributed by atoms with E-state index in [0.717, 1.165) is 25.0 Å². The second-order valence-electron chi connectivity index (χ2n) is 4.17. The van der Waals surface area contributed by atoms with Crippen LogP contribution in [0, 0.1) is 0 Å². The molecule has 1 aromatic heterocycles. The lowest BCUT2D eigenvalue weighted by molar-refractivity contribution is 0.0600. The summed E-state index contributed by atoms with van der Waals surface area (Å²) in [5.74, 6) is -0.295. The predicted octanol–water partition coefficient (Wildman–Crippen LogP) is 2.17. The number of methoxy groups -OCH3 is 2. The van der Waals surface area contributed by atoms with E-state index in [9.17, 15) is 4.79 Å². The van der Waals surface area contributed by atoms with Gasteiger partial charge >= 0.3 is 5.97 Å². The highest BCUT2D eigenvalue weighted by Crippen LogP contribution is 2.14. The molecule has 0 saturated carbocycles. The molecule has 1 aromatic rings. The average molecular weight is 239 g/mol. The molecule has 1 unspecified atom stereocenters. The van der Waals surface area contributed by atoms with Crippen LogP contribution in [-0.2, 0) is 22.9 Å². The normalized spacial score (nSPS) is 12.5. The first kappa shape index (κ1) is 13.8. The van der Waals surface area contributed by atoms with E-state index in [1.807, 2.05) is 17.7 Å². The summed E-state index contributed by atoms with van der Waals surface area (Å²) in [5, 5.41) is 0. The number of hydrogen-bond acceptors (Lipinski definition) is 3. The van der Waals surface area contributed by atoms with Gasteiger partial charge < -0.3 is 14.0 Å². The Balaban J connectivity index is 2.77. The van der Waals surface area contributed by atoms with E-state index in [1.165, 1.54) is 7.11 Å². The van der Waals surface area contributed by atoms with Gasteiger partial charge in [-0.2, -0.15) is 0 Å². The Labute approximate surface area is 103 Å². The van der Waals surface area contributed by atoms with Crippen LogP contribution in [0.5, 0.6) is 0 Å². The van der Waals surface area contributed by atoms with Crippen LogP contribution in [0.2, 0.25) is 0 Å². The summed E-state index contributed by atoms with van der Waals surface area (Å²) < 4.78 is 12.1. The van der Waals surface area contributed by atoms with Crippen molar-refractivity contribution in [3.63, 3.8) is 0 Å². The van der Waals surface area contributed by atoms with Crippen LogP contribution >= 0.6 is 0 Å². The molecular weight excluding hydrogens is 218 g/mol. The molecule has 0 N–H and O–H groups in total. The van der Waals surface area contributed by atoms with Crippen molar-refractivity contribution >= 4 is 5.97 Å². The van der Waals surface area contributed by atoms with Gasteiger partial charge in [0, 0.05) is 32.5 Å². The molecule has 0 aromatic carbocycles. The van der Waals surface area contributed by atoms with Gasteiger partial charge in [-0.3, -0.25) is 0 Å². The van der Waals surface area contributed by atoms with E-state index in [1.54, 1.807) is 13.3 Å². The van der Waals surface area contributed by atoms with Gasteiger partial charge in [0.2, 0.25) is 0 Å². The summed E-state index contributed by atoms with van der Waals surface area (Å²) in [4.78, 5) is 11.4. The second-order valence-corrected chi connectivity index (χ2v) is 4.17. The van der Waals surface area contributed by atoms with Crippen molar-refractivity contribution in [3.8, 4) is 0 Å². The molecule has 0 spiro atoms. The fraction of sp³-hybridized carbons (Fsp3) is 0.615. The maximum atomic E-state index is 11.4. The number of carbonyl (C=O) groups excluding carboxylic acids is 1. The van der Waals surface area contributed by atoms with Gasteiger partial charge in [-0.05, 0) is 12.5 Å². The Morgan fingerprint density at radius 3 is 2.71 bits per heavy atom. The minimum Gasteiger partial charge on any atom is -0.465 e. The number of ether oxygens (including phenoxy) is 2. The number of aryl methyl sites for hydroxylation is 1. The van der Waals surface area contributed by atoms with E-state index in [4.69, 9.17) is 9.47 Å². The molecule has 0 saturated heterocycles. The summed E-state index contributed by atoms with van der Waals surface area (Å²) in [6.45, 7) is 2.14. The fourth-order valence-corrected chi connectivity index (χ4v) is 1.90. The maximum absolute atomic E-state index is 11.4. The van der Waals surface area contributed by atoms with Crippen molar-refractivity contribution in [2.75, 3.05) is 14.2 Å². The number of esters is 1. The molecule has 1 rings (SSSR count). The van der Waals surface area contributed by atoms with Gasteiger partial charge in [0.25, 0.3) is 0 Å². The monoisotopic (exact) mass is 239 g/mol. The highest BCUT2D eigenvalue weighted by atomic mass is 16.5. The smallest absolute Gasteiger partial charge is 0.339 e.